The summed E-state index contributed by atoms with van der Waals surface area (Å²) in [5.74, 6) is 1.24. The molecule has 0 aliphatic carbocycles. The highest BCUT2D eigenvalue weighted by molar-refractivity contribution is 6.42. The molecule has 0 bridgehead atoms. The van der Waals surface area contributed by atoms with E-state index in [-0.39, 0.29) is 12.6 Å². The fraction of sp³-hybridized carbons (Fsp3) is 0.0625. The van der Waals surface area contributed by atoms with Crippen molar-refractivity contribution in [2.45, 2.75) is 0 Å². The second kappa shape index (κ2) is 5.80. The fourth-order valence-corrected chi connectivity index (χ4v) is 2.23. The van der Waals surface area contributed by atoms with Crippen molar-refractivity contribution in [3.8, 4) is 11.5 Å². The van der Waals surface area contributed by atoms with E-state index in [0.29, 0.717) is 27.1 Å². The standard InChI is InChI=1S/C16H10Cl2O3/c17-12-4-3-11(8-13(12)18)14(19)5-1-10-2-6-15-16(7-10)21-9-20-15/h1-8H,9H2/b5-1+. The predicted octanol–water partition coefficient (Wildman–Crippen LogP) is 4.62. The van der Waals surface area contributed by atoms with Crippen molar-refractivity contribution in [2.75, 3.05) is 6.79 Å². The number of halogens is 2. The molecule has 1 heterocycles. The molecule has 0 radical (unpaired) electrons. The average Bonchev–Trinajstić information content (AvgIpc) is 2.95. The molecule has 0 unspecified atom stereocenters. The summed E-state index contributed by atoms with van der Waals surface area (Å²) in [6, 6.07) is 10.3. The van der Waals surface area contributed by atoms with Crippen molar-refractivity contribution in [2.24, 2.45) is 0 Å². The predicted molar refractivity (Wildman–Crippen MR) is 82.4 cm³/mol. The molecule has 2 aromatic rings. The van der Waals surface area contributed by atoms with Crippen molar-refractivity contribution in [3.63, 3.8) is 0 Å². The molecule has 0 atom stereocenters. The molecule has 5 heteroatoms. The molecule has 21 heavy (non-hydrogen) atoms. The molecule has 2 aromatic carbocycles. The highest BCUT2D eigenvalue weighted by Gasteiger charge is 2.12. The van der Waals surface area contributed by atoms with E-state index in [1.54, 1.807) is 24.3 Å². The molecule has 1 aliphatic heterocycles. The van der Waals surface area contributed by atoms with Gasteiger partial charge in [0.15, 0.2) is 17.3 Å². The molecule has 0 N–H and O–H groups in total. The van der Waals surface area contributed by atoms with Crippen LogP contribution in [0.4, 0.5) is 0 Å². The Morgan fingerprint density at radius 1 is 1.00 bits per heavy atom. The summed E-state index contributed by atoms with van der Waals surface area (Å²) in [6.45, 7) is 0.227. The SMILES string of the molecule is O=C(/C=C/c1ccc2c(c1)OCO2)c1ccc(Cl)c(Cl)c1. The number of carbonyl (C=O) groups is 1. The van der Waals surface area contributed by atoms with Crippen molar-refractivity contribution in [1.82, 2.24) is 0 Å². The number of rotatable bonds is 3. The van der Waals surface area contributed by atoms with Gasteiger partial charge in [-0.05, 0) is 42.0 Å². The van der Waals surface area contributed by atoms with Crippen molar-refractivity contribution >= 4 is 35.1 Å². The third-order valence-electron chi connectivity index (χ3n) is 3.03. The summed E-state index contributed by atoms with van der Waals surface area (Å²) in [5.41, 5.74) is 1.34. The third-order valence-corrected chi connectivity index (χ3v) is 3.77. The molecular weight excluding hydrogens is 311 g/mol. The molecule has 0 saturated carbocycles. The van der Waals surface area contributed by atoms with Crippen LogP contribution >= 0.6 is 23.2 Å². The van der Waals surface area contributed by atoms with Gasteiger partial charge in [0, 0.05) is 5.56 Å². The average molecular weight is 321 g/mol. The molecule has 0 aromatic heterocycles. The Kier molecular flexibility index (Phi) is 3.86. The zero-order chi connectivity index (χ0) is 14.8. The topological polar surface area (TPSA) is 35.5 Å². The van der Waals surface area contributed by atoms with E-state index in [4.69, 9.17) is 32.7 Å². The monoisotopic (exact) mass is 320 g/mol. The van der Waals surface area contributed by atoms with Crippen LogP contribution in [-0.4, -0.2) is 12.6 Å². The van der Waals surface area contributed by atoms with Crippen LogP contribution in [0.5, 0.6) is 11.5 Å². The first-order valence-corrected chi connectivity index (χ1v) is 6.96. The zero-order valence-electron chi connectivity index (χ0n) is 10.8. The van der Waals surface area contributed by atoms with Crippen molar-refractivity contribution in [3.05, 3.63) is 63.6 Å². The molecule has 0 saturated heterocycles. The maximum atomic E-state index is 12.1. The summed E-state index contributed by atoms with van der Waals surface area (Å²) in [6.07, 6.45) is 3.20. The Morgan fingerprint density at radius 2 is 1.81 bits per heavy atom. The first-order valence-electron chi connectivity index (χ1n) is 6.20. The Morgan fingerprint density at radius 3 is 2.62 bits per heavy atom. The molecule has 1 aliphatic rings. The summed E-state index contributed by atoms with van der Waals surface area (Å²) in [5, 5.41) is 0.784. The molecular formula is C16H10Cl2O3. The minimum absolute atomic E-state index is 0.147. The summed E-state index contributed by atoms with van der Waals surface area (Å²) < 4.78 is 10.5. The van der Waals surface area contributed by atoms with Gasteiger partial charge in [-0.3, -0.25) is 4.79 Å². The van der Waals surface area contributed by atoms with E-state index < -0.39 is 0 Å². The second-order valence-electron chi connectivity index (χ2n) is 4.44. The van der Waals surface area contributed by atoms with Gasteiger partial charge in [-0.2, -0.15) is 0 Å². The highest BCUT2D eigenvalue weighted by atomic mass is 35.5. The number of allylic oxidation sites excluding steroid dienone is 1. The molecule has 0 spiro atoms. The van der Waals surface area contributed by atoms with Crippen LogP contribution in [0.3, 0.4) is 0 Å². The second-order valence-corrected chi connectivity index (χ2v) is 5.25. The van der Waals surface area contributed by atoms with Gasteiger partial charge in [0.05, 0.1) is 10.0 Å². The Hall–Kier alpha value is -1.97. The van der Waals surface area contributed by atoms with Crippen LogP contribution in [0, 0.1) is 0 Å². The van der Waals surface area contributed by atoms with Crippen LogP contribution < -0.4 is 9.47 Å². The van der Waals surface area contributed by atoms with E-state index in [2.05, 4.69) is 0 Å². The fourth-order valence-electron chi connectivity index (χ4n) is 1.93. The lowest BCUT2D eigenvalue weighted by molar-refractivity contribution is 0.104. The summed E-state index contributed by atoms with van der Waals surface area (Å²) in [4.78, 5) is 12.1. The highest BCUT2D eigenvalue weighted by Crippen LogP contribution is 2.32. The Labute approximate surface area is 131 Å². The van der Waals surface area contributed by atoms with E-state index in [1.807, 2.05) is 18.2 Å². The maximum Gasteiger partial charge on any atom is 0.231 e. The lowest BCUT2D eigenvalue weighted by atomic mass is 10.1. The first-order chi connectivity index (χ1) is 10.1. The van der Waals surface area contributed by atoms with Crippen LogP contribution in [0.2, 0.25) is 10.0 Å². The number of ketones is 1. The van der Waals surface area contributed by atoms with Crippen LogP contribution in [0.25, 0.3) is 6.08 Å². The van der Waals surface area contributed by atoms with Gasteiger partial charge >= 0.3 is 0 Å². The largest absolute Gasteiger partial charge is 0.454 e. The summed E-state index contributed by atoms with van der Waals surface area (Å²) in [7, 11) is 0. The van der Waals surface area contributed by atoms with Gasteiger partial charge in [0.1, 0.15) is 0 Å². The van der Waals surface area contributed by atoms with Crippen LogP contribution in [0.1, 0.15) is 15.9 Å². The number of hydrogen-bond donors (Lipinski definition) is 0. The van der Waals surface area contributed by atoms with Gasteiger partial charge in [-0.15, -0.1) is 0 Å². The van der Waals surface area contributed by atoms with Crippen molar-refractivity contribution < 1.29 is 14.3 Å². The smallest absolute Gasteiger partial charge is 0.231 e. The Balaban J connectivity index is 1.79. The van der Waals surface area contributed by atoms with Gasteiger partial charge in [-0.1, -0.05) is 35.3 Å². The number of fused-ring (bicyclic) bond motifs is 1. The maximum absolute atomic E-state index is 12.1. The number of hydrogen-bond acceptors (Lipinski definition) is 3. The molecule has 3 rings (SSSR count). The molecule has 0 fully saturated rings. The summed E-state index contributed by atoms with van der Waals surface area (Å²) >= 11 is 11.7. The van der Waals surface area contributed by atoms with Crippen molar-refractivity contribution in [1.29, 1.82) is 0 Å². The van der Waals surface area contributed by atoms with Crippen LogP contribution in [0.15, 0.2) is 42.5 Å². The van der Waals surface area contributed by atoms with Gasteiger partial charge < -0.3 is 9.47 Å². The minimum Gasteiger partial charge on any atom is -0.454 e. The minimum atomic E-state index is -0.147. The van der Waals surface area contributed by atoms with E-state index in [0.717, 1.165) is 5.56 Å². The quantitative estimate of drug-likeness (QED) is 0.611. The lowest BCUT2D eigenvalue weighted by Gasteiger charge is -2.00. The molecule has 0 amide bonds. The number of carbonyl (C=O) groups excluding carboxylic acids is 1. The third kappa shape index (κ3) is 3.04. The van der Waals surface area contributed by atoms with Gasteiger partial charge in [-0.25, -0.2) is 0 Å². The number of ether oxygens (including phenoxy) is 2. The zero-order valence-corrected chi connectivity index (χ0v) is 12.3. The molecule has 106 valence electrons. The lowest BCUT2D eigenvalue weighted by Crippen LogP contribution is -1.93. The van der Waals surface area contributed by atoms with Gasteiger partial charge in [0.2, 0.25) is 6.79 Å². The van der Waals surface area contributed by atoms with E-state index in [9.17, 15) is 4.79 Å². The van der Waals surface area contributed by atoms with Crippen LogP contribution in [-0.2, 0) is 0 Å². The first kappa shape index (κ1) is 14.0. The number of benzene rings is 2. The van der Waals surface area contributed by atoms with E-state index in [1.165, 1.54) is 6.08 Å². The Bertz CT molecular complexity index is 738. The van der Waals surface area contributed by atoms with Gasteiger partial charge in [0.25, 0.3) is 0 Å². The molecule has 3 nitrogen and oxygen atoms in total. The normalized spacial score (nSPS) is 12.9. The van der Waals surface area contributed by atoms with E-state index >= 15 is 0 Å².